The maximum absolute atomic E-state index is 12.5. The maximum Gasteiger partial charge on any atom is 0.124 e. The van der Waals surface area contributed by atoms with Gasteiger partial charge in [-0.2, -0.15) is 5.10 Å². The van der Waals surface area contributed by atoms with Gasteiger partial charge in [-0.25, -0.2) is 0 Å². The molecule has 4 heterocycles. The van der Waals surface area contributed by atoms with Gasteiger partial charge in [0.1, 0.15) is 5.60 Å². The summed E-state index contributed by atoms with van der Waals surface area (Å²) in [7, 11) is 2.10. The van der Waals surface area contributed by atoms with E-state index < -0.39 is 5.60 Å². The summed E-state index contributed by atoms with van der Waals surface area (Å²) in [4.78, 5) is 6.82. The first kappa shape index (κ1) is 25.4. The molecule has 0 amide bonds. The highest BCUT2D eigenvalue weighted by atomic mass is 16.3. The second kappa shape index (κ2) is 9.58. The van der Waals surface area contributed by atoms with Crippen molar-refractivity contribution in [2.24, 2.45) is 11.3 Å². The van der Waals surface area contributed by atoms with E-state index in [4.69, 9.17) is 0 Å². The van der Waals surface area contributed by atoms with Crippen molar-refractivity contribution < 1.29 is 5.11 Å². The van der Waals surface area contributed by atoms with Crippen molar-refractivity contribution in [1.29, 1.82) is 0 Å². The molecule has 1 atom stereocenters. The van der Waals surface area contributed by atoms with E-state index in [2.05, 4.69) is 121 Å². The van der Waals surface area contributed by atoms with Gasteiger partial charge >= 0.3 is 0 Å². The number of H-pyrrole nitrogens is 1. The Balaban J connectivity index is 1.51. The summed E-state index contributed by atoms with van der Waals surface area (Å²) >= 11 is 0. The molecule has 5 rings (SSSR count). The summed E-state index contributed by atoms with van der Waals surface area (Å²) in [6, 6.07) is 14.7. The number of nitrogens with zero attached hydrogens (tertiary/aromatic N) is 4. The third-order valence-corrected chi connectivity index (χ3v) is 7.77. The lowest BCUT2D eigenvalue weighted by Gasteiger charge is -2.55. The molecule has 0 aliphatic carbocycles. The Labute approximate surface area is 220 Å². The number of likely N-dealkylation sites (tertiary alicyclic amines) is 1. The zero-order chi connectivity index (χ0) is 26.4. The van der Waals surface area contributed by atoms with Crippen molar-refractivity contribution in [1.82, 2.24) is 24.6 Å². The highest BCUT2D eigenvalue weighted by molar-refractivity contribution is 5.68. The zero-order valence-corrected chi connectivity index (χ0v) is 22.9. The topological polar surface area (TPSA) is 70.0 Å². The Hall–Kier alpha value is -3.22. The molecule has 1 saturated heterocycles. The van der Waals surface area contributed by atoms with Gasteiger partial charge in [-0.05, 0) is 48.2 Å². The van der Waals surface area contributed by atoms with Gasteiger partial charge in [-0.1, -0.05) is 58.9 Å². The second-order valence-electron chi connectivity index (χ2n) is 11.8. The SMILES string of the molecule is CC(C)Cn1ccc(-c2cc(-c3cncc([C@@](O)(c4ccc(C(C)C)cc4)C4(C)CN(C)C4)c3)n[nH]2)c1. The smallest absolute Gasteiger partial charge is 0.124 e. The lowest BCUT2D eigenvalue weighted by atomic mass is 9.62. The fourth-order valence-electron chi connectivity index (χ4n) is 5.88. The molecule has 1 fully saturated rings. The average molecular weight is 498 g/mol. The molecule has 3 aromatic heterocycles. The third-order valence-electron chi connectivity index (χ3n) is 7.77. The largest absolute Gasteiger partial charge is 0.380 e. The molecule has 6 nitrogen and oxygen atoms in total. The predicted octanol–water partition coefficient (Wildman–Crippen LogP) is 5.91. The van der Waals surface area contributed by atoms with Crippen LogP contribution in [-0.4, -0.2) is 49.9 Å². The minimum Gasteiger partial charge on any atom is -0.380 e. The molecular formula is C31H39N5O. The molecule has 0 unspecified atom stereocenters. The van der Waals surface area contributed by atoms with E-state index >= 15 is 0 Å². The summed E-state index contributed by atoms with van der Waals surface area (Å²) < 4.78 is 2.21. The van der Waals surface area contributed by atoms with Crippen molar-refractivity contribution in [3.05, 3.63) is 83.9 Å². The van der Waals surface area contributed by atoms with Crippen LogP contribution in [0.25, 0.3) is 22.5 Å². The van der Waals surface area contributed by atoms with E-state index in [0.717, 1.165) is 53.3 Å². The number of pyridine rings is 1. The van der Waals surface area contributed by atoms with Gasteiger partial charge in [-0.3, -0.25) is 10.1 Å². The molecule has 0 saturated carbocycles. The molecular weight excluding hydrogens is 458 g/mol. The van der Waals surface area contributed by atoms with E-state index in [-0.39, 0.29) is 5.41 Å². The maximum atomic E-state index is 12.5. The Morgan fingerprint density at radius 1 is 1.00 bits per heavy atom. The van der Waals surface area contributed by atoms with Gasteiger partial charge < -0.3 is 14.6 Å². The van der Waals surface area contributed by atoms with Crippen LogP contribution in [-0.2, 0) is 12.1 Å². The normalized spacial score (nSPS) is 17.2. The van der Waals surface area contributed by atoms with Crippen LogP contribution in [0.2, 0.25) is 0 Å². The highest BCUT2D eigenvalue weighted by Gasteiger charge is 2.55. The molecule has 37 heavy (non-hydrogen) atoms. The zero-order valence-electron chi connectivity index (χ0n) is 22.9. The first-order valence-electron chi connectivity index (χ1n) is 13.3. The van der Waals surface area contributed by atoms with Crippen molar-refractivity contribution in [3.8, 4) is 22.5 Å². The Kier molecular flexibility index (Phi) is 6.59. The van der Waals surface area contributed by atoms with Gasteiger partial charge in [0, 0.05) is 66.5 Å². The van der Waals surface area contributed by atoms with Gasteiger partial charge in [0.05, 0.1) is 11.4 Å². The van der Waals surface area contributed by atoms with Crippen molar-refractivity contribution in [3.63, 3.8) is 0 Å². The average Bonchev–Trinajstić information content (AvgIpc) is 3.52. The Morgan fingerprint density at radius 3 is 2.38 bits per heavy atom. The number of nitrogens with one attached hydrogen (secondary N) is 1. The van der Waals surface area contributed by atoms with E-state index in [1.807, 2.05) is 12.4 Å². The van der Waals surface area contributed by atoms with E-state index in [0.29, 0.717) is 11.8 Å². The first-order chi connectivity index (χ1) is 17.6. The Bertz CT molecular complexity index is 1360. The van der Waals surface area contributed by atoms with Crippen LogP contribution in [0.4, 0.5) is 0 Å². The molecule has 0 radical (unpaired) electrons. The van der Waals surface area contributed by atoms with Crippen molar-refractivity contribution in [2.75, 3.05) is 20.1 Å². The lowest BCUT2D eigenvalue weighted by Crippen LogP contribution is -2.63. The summed E-state index contributed by atoms with van der Waals surface area (Å²) in [6.07, 6.45) is 7.90. The van der Waals surface area contributed by atoms with Crippen LogP contribution < -0.4 is 0 Å². The first-order valence-corrected chi connectivity index (χ1v) is 13.3. The summed E-state index contributed by atoms with van der Waals surface area (Å²) in [6.45, 7) is 13.6. The van der Waals surface area contributed by atoms with Crippen LogP contribution in [0.3, 0.4) is 0 Å². The highest BCUT2D eigenvalue weighted by Crippen LogP contribution is 2.50. The van der Waals surface area contributed by atoms with Gasteiger partial charge in [0.2, 0.25) is 0 Å². The number of hydrogen-bond acceptors (Lipinski definition) is 4. The number of benzene rings is 1. The van der Waals surface area contributed by atoms with E-state index in [9.17, 15) is 5.11 Å². The minimum absolute atomic E-state index is 0.336. The summed E-state index contributed by atoms with van der Waals surface area (Å²) in [5.74, 6) is 1.03. The van der Waals surface area contributed by atoms with E-state index in [1.165, 1.54) is 5.56 Å². The fourth-order valence-corrected chi connectivity index (χ4v) is 5.88. The van der Waals surface area contributed by atoms with Crippen LogP contribution in [0, 0.1) is 11.3 Å². The van der Waals surface area contributed by atoms with Crippen LogP contribution in [0.5, 0.6) is 0 Å². The minimum atomic E-state index is -1.18. The van der Waals surface area contributed by atoms with Gasteiger partial charge in [-0.15, -0.1) is 0 Å². The third kappa shape index (κ3) is 4.64. The molecule has 1 aliphatic heterocycles. The molecule has 4 aromatic rings. The number of aliphatic hydroxyl groups is 1. The number of aromatic nitrogens is 4. The molecule has 194 valence electrons. The predicted molar refractivity (Wildman–Crippen MR) is 149 cm³/mol. The molecule has 0 spiro atoms. The number of rotatable bonds is 8. The molecule has 2 N–H and O–H groups in total. The van der Waals surface area contributed by atoms with E-state index in [1.54, 1.807) is 0 Å². The molecule has 6 heteroatoms. The second-order valence-corrected chi connectivity index (χ2v) is 11.8. The summed E-state index contributed by atoms with van der Waals surface area (Å²) in [5.41, 5.74) is 5.23. The molecule has 0 bridgehead atoms. The summed E-state index contributed by atoms with van der Waals surface area (Å²) in [5, 5.41) is 20.3. The standard InChI is InChI=1S/C31H39N5O/c1-21(2)17-36-12-11-24(18-36)28-14-29(34-33-28)25-13-27(16-32-15-25)31(37,30(5)19-35(6)20-30)26-9-7-23(8-10-26)22(3)4/h7-16,18,21-22,37H,17,19-20H2,1-6H3,(H,33,34)/t31-/m0/s1. The molecule has 1 aromatic carbocycles. The van der Waals surface area contributed by atoms with Crippen molar-refractivity contribution in [2.45, 2.75) is 52.7 Å². The Morgan fingerprint density at radius 2 is 1.73 bits per heavy atom. The van der Waals surface area contributed by atoms with Crippen LogP contribution in [0.1, 0.15) is 57.2 Å². The van der Waals surface area contributed by atoms with Gasteiger partial charge in [0.15, 0.2) is 0 Å². The van der Waals surface area contributed by atoms with Crippen molar-refractivity contribution >= 4 is 0 Å². The number of aromatic amines is 1. The monoisotopic (exact) mass is 497 g/mol. The lowest BCUT2D eigenvalue weighted by molar-refractivity contribution is -0.127. The quantitative estimate of drug-likeness (QED) is 0.318. The molecule has 1 aliphatic rings. The van der Waals surface area contributed by atoms with Gasteiger partial charge in [0.25, 0.3) is 0 Å². The fraction of sp³-hybridized carbons (Fsp3) is 0.419. The van der Waals surface area contributed by atoms with Crippen LogP contribution >= 0.6 is 0 Å². The van der Waals surface area contributed by atoms with Crippen LogP contribution in [0.15, 0.2) is 67.3 Å². The number of hydrogen-bond donors (Lipinski definition) is 2.